The van der Waals surface area contributed by atoms with Crippen molar-refractivity contribution in [3.63, 3.8) is 0 Å². The molecule has 0 atom stereocenters. The largest absolute Gasteiger partial charge is 0.376 e. The first-order valence-electron chi connectivity index (χ1n) is 5.30. The lowest BCUT2D eigenvalue weighted by Crippen LogP contribution is -2.35. The highest BCUT2D eigenvalue weighted by Crippen LogP contribution is 2.10. The number of ether oxygens (including phenoxy) is 2. The van der Waals surface area contributed by atoms with Crippen molar-refractivity contribution in [3.05, 3.63) is 35.4 Å². The Hall–Kier alpha value is -0.900. The maximum absolute atomic E-state index is 5.62. The van der Waals surface area contributed by atoms with E-state index in [-0.39, 0.29) is 0 Å². The summed E-state index contributed by atoms with van der Waals surface area (Å²) in [5, 5.41) is 3.12. The zero-order valence-corrected chi connectivity index (χ0v) is 9.03. The third kappa shape index (κ3) is 3.02. The summed E-state index contributed by atoms with van der Waals surface area (Å²) in [6.07, 6.45) is 0.307. The molecule has 0 radical (unpaired) electrons. The van der Waals surface area contributed by atoms with Gasteiger partial charge in [0.15, 0.2) is 0 Å². The molecule has 0 bridgehead atoms. The molecule has 1 aliphatic heterocycles. The minimum absolute atomic E-state index is 0.307. The van der Waals surface area contributed by atoms with Gasteiger partial charge in [0.2, 0.25) is 0 Å². The Labute approximate surface area is 90.4 Å². The molecular weight excluding hydrogens is 190 g/mol. The summed E-state index contributed by atoms with van der Waals surface area (Å²) < 4.78 is 10.7. The molecule has 1 aliphatic rings. The minimum Gasteiger partial charge on any atom is -0.376 e. The molecule has 0 unspecified atom stereocenters. The van der Waals surface area contributed by atoms with E-state index < -0.39 is 0 Å². The van der Waals surface area contributed by atoms with Gasteiger partial charge in [-0.2, -0.15) is 0 Å². The van der Waals surface area contributed by atoms with Crippen LogP contribution in [0.4, 0.5) is 0 Å². The molecule has 1 saturated heterocycles. The monoisotopic (exact) mass is 207 g/mol. The fourth-order valence-corrected chi connectivity index (χ4v) is 1.48. The second-order valence-corrected chi connectivity index (χ2v) is 3.82. The van der Waals surface area contributed by atoms with Crippen molar-refractivity contribution in [1.29, 1.82) is 0 Å². The van der Waals surface area contributed by atoms with E-state index in [9.17, 15) is 0 Å². The average Bonchev–Trinajstić information content (AvgIpc) is 2.19. The van der Waals surface area contributed by atoms with E-state index >= 15 is 0 Å². The fraction of sp³-hybridized carbons (Fsp3) is 0.500. The molecule has 0 aliphatic carbocycles. The van der Waals surface area contributed by atoms with Crippen LogP contribution in [-0.2, 0) is 22.6 Å². The van der Waals surface area contributed by atoms with Crippen molar-refractivity contribution >= 4 is 0 Å². The molecule has 1 fully saturated rings. The van der Waals surface area contributed by atoms with Crippen LogP contribution >= 0.6 is 0 Å². The van der Waals surface area contributed by atoms with Crippen LogP contribution in [0.2, 0.25) is 0 Å². The van der Waals surface area contributed by atoms with Gasteiger partial charge in [0, 0.05) is 6.54 Å². The van der Waals surface area contributed by atoms with Gasteiger partial charge in [-0.3, -0.25) is 0 Å². The Balaban J connectivity index is 1.80. The fourth-order valence-electron chi connectivity index (χ4n) is 1.48. The summed E-state index contributed by atoms with van der Waals surface area (Å²) in [7, 11) is 1.95. The third-order valence-corrected chi connectivity index (χ3v) is 2.50. The van der Waals surface area contributed by atoms with Crippen molar-refractivity contribution in [1.82, 2.24) is 5.32 Å². The second kappa shape index (κ2) is 5.26. The highest BCUT2D eigenvalue weighted by atomic mass is 16.6. The summed E-state index contributed by atoms with van der Waals surface area (Å²) in [4.78, 5) is 0. The van der Waals surface area contributed by atoms with Crippen LogP contribution in [0.5, 0.6) is 0 Å². The van der Waals surface area contributed by atoms with Gasteiger partial charge in [0.25, 0.3) is 0 Å². The van der Waals surface area contributed by atoms with Gasteiger partial charge >= 0.3 is 0 Å². The molecule has 3 nitrogen and oxygen atoms in total. The van der Waals surface area contributed by atoms with Crippen LogP contribution < -0.4 is 5.32 Å². The van der Waals surface area contributed by atoms with Crippen LogP contribution in [0.25, 0.3) is 0 Å². The van der Waals surface area contributed by atoms with E-state index in [1.165, 1.54) is 11.1 Å². The van der Waals surface area contributed by atoms with Gasteiger partial charge in [-0.05, 0) is 18.2 Å². The molecule has 1 aromatic rings. The molecule has 1 aromatic carbocycles. The van der Waals surface area contributed by atoms with Gasteiger partial charge in [-0.15, -0.1) is 0 Å². The zero-order chi connectivity index (χ0) is 10.5. The second-order valence-electron chi connectivity index (χ2n) is 3.82. The molecule has 2 rings (SSSR count). The van der Waals surface area contributed by atoms with Crippen molar-refractivity contribution in [2.75, 3.05) is 20.3 Å². The van der Waals surface area contributed by atoms with E-state index in [2.05, 4.69) is 29.6 Å². The van der Waals surface area contributed by atoms with Gasteiger partial charge in [0.05, 0.1) is 19.8 Å². The number of rotatable bonds is 5. The van der Waals surface area contributed by atoms with E-state index in [4.69, 9.17) is 9.47 Å². The Bertz CT molecular complexity index is 293. The number of hydrogen-bond donors (Lipinski definition) is 1. The maximum atomic E-state index is 5.62. The lowest BCUT2D eigenvalue weighted by atomic mass is 10.1. The molecule has 15 heavy (non-hydrogen) atoms. The Morgan fingerprint density at radius 1 is 1.27 bits per heavy atom. The molecular formula is C12H17NO2. The van der Waals surface area contributed by atoms with Crippen LogP contribution in [-0.4, -0.2) is 26.4 Å². The summed E-state index contributed by atoms with van der Waals surface area (Å²) in [6.45, 7) is 3.10. The quantitative estimate of drug-likeness (QED) is 0.790. The average molecular weight is 207 g/mol. The highest BCUT2D eigenvalue weighted by molar-refractivity contribution is 5.21. The van der Waals surface area contributed by atoms with Crippen LogP contribution in [0, 0.1) is 0 Å². The highest BCUT2D eigenvalue weighted by Gasteiger charge is 2.18. The molecule has 0 spiro atoms. The first-order chi connectivity index (χ1) is 7.38. The molecule has 82 valence electrons. The summed E-state index contributed by atoms with van der Waals surface area (Å²) in [5.41, 5.74) is 2.52. The molecule has 0 amide bonds. The molecule has 0 aromatic heterocycles. The lowest BCUT2D eigenvalue weighted by Gasteiger charge is -2.25. The molecule has 1 N–H and O–H groups in total. The van der Waals surface area contributed by atoms with E-state index in [0.29, 0.717) is 12.7 Å². The summed E-state index contributed by atoms with van der Waals surface area (Å²) >= 11 is 0. The standard InChI is InChI=1S/C12H17NO2/c1-13-6-10-2-4-11(5-3-10)7-15-12-8-14-9-12/h2-5,12-13H,6-9H2,1H3. The summed E-state index contributed by atoms with van der Waals surface area (Å²) in [6, 6.07) is 8.50. The smallest absolute Gasteiger partial charge is 0.105 e. The Morgan fingerprint density at radius 2 is 1.93 bits per heavy atom. The lowest BCUT2D eigenvalue weighted by molar-refractivity contribution is -0.135. The van der Waals surface area contributed by atoms with Crippen LogP contribution in [0.15, 0.2) is 24.3 Å². The van der Waals surface area contributed by atoms with Crippen molar-refractivity contribution < 1.29 is 9.47 Å². The van der Waals surface area contributed by atoms with Gasteiger partial charge < -0.3 is 14.8 Å². The van der Waals surface area contributed by atoms with Gasteiger partial charge in [-0.25, -0.2) is 0 Å². The van der Waals surface area contributed by atoms with Gasteiger partial charge in [0.1, 0.15) is 6.10 Å². The molecule has 0 saturated carbocycles. The normalized spacial score (nSPS) is 16.3. The van der Waals surface area contributed by atoms with E-state index in [0.717, 1.165) is 19.8 Å². The van der Waals surface area contributed by atoms with E-state index in [1.807, 2.05) is 7.05 Å². The SMILES string of the molecule is CNCc1ccc(COC2COC2)cc1. The number of hydrogen-bond acceptors (Lipinski definition) is 3. The topological polar surface area (TPSA) is 30.5 Å². The molecule has 3 heteroatoms. The summed E-state index contributed by atoms with van der Waals surface area (Å²) in [5.74, 6) is 0. The third-order valence-electron chi connectivity index (χ3n) is 2.50. The number of nitrogens with one attached hydrogen (secondary N) is 1. The van der Waals surface area contributed by atoms with Crippen molar-refractivity contribution in [2.24, 2.45) is 0 Å². The Morgan fingerprint density at radius 3 is 2.47 bits per heavy atom. The zero-order valence-electron chi connectivity index (χ0n) is 9.03. The first kappa shape index (κ1) is 10.6. The predicted molar refractivity (Wildman–Crippen MR) is 58.6 cm³/mol. The molecule has 1 heterocycles. The maximum Gasteiger partial charge on any atom is 0.105 e. The van der Waals surface area contributed by atoms with Crippen LogP contribution in [0.1, 0.15) is 11.1 Å². The van der Waals surface area contributed by atoms with Crippen LogP contribution in [0.3, 0.4) is 0 Å². The predicted octanol–water partition coefficient (Wildman–Crippen LogP) is 1.32. The number of benzene rings is 1. The minimum atomic E-state index is 0.307. The van der Waals surface area contributed by atoms with E-state index in [1.54, 1.807) is 0 Å². The van der Waals surface area contributed by atoms with Crippen molar-refractivity contribution in [2.45, 2.75) is 19.3 Å². The Kier molecular flexibility index (Phi) is 3.72. The van der Waals surface area contributed by atoms with Gasteiger partial charge in [-0.1, -0.05) is 24.3 Å². The van der Waals surface area contributed by atoms with Crippen molar-refractivity contribution in [3.8, 4) is 0 Å². The first-order valence-corrected chi connectivity index (χ1v) is 5.30.